The minimum Gasteiger partial charge on any atom is -0.328 e. The van der Waals surface area contributed by atoms with E-state index in [1.54, 1.807) is 0 Å². The molecular formula is C14H19F3N2. The lowest BCUT2D eigenvalue weighted by Crippen LogP contribution is -2.30. The molecule has 0 aromatic heterocycles. The smallest absolute Gasteiger partial charge is 0.328 e. The maximum Gasteiger partial charge on any atom is 0.416 e. The van der Waals surface area contributed by atoms with E-state index in [4.69, 9.17) is 5.73 Å². The van der Waals surface area contributed by atoms with Gasteiger partial charge in [-0.1, -0.05) is 12.1 Å². The molecule has 0 aliphatic heterocycles. The third-order valence-corrected chi connectivity index (χ3v) is 3.70. The maximum atomic E-state index is 12.5. The van der Waals surface area contributed by atoms with Gasteiger partial charge in [-0.2, -0.15) is 13.2 Å². The van der Waals surface area contributed by atoms with E-state index in [2.05, 4.69) is 5.32 Å². The molecule has 0 saturated heterocycles. The Labute approximate surface area is 111 Å². The number of rotatable bonds is 3. The van der Waals surface area contributed by atoms with E-state index in [0.717, 1.165) is 37.0 Å². The van der Waals surface area contributed by atoms with Gasteiger partial charge in [-0.25, -0.2) is 0 Å². The Morgan fingerprint density at radius 3 is 2.32 bits per heavy atom. The number of benzene rings is 1. The zero-order valence-corrected chi connectivity index (χ0v) is 10.9. The van der Waals surface area contributed by atoms with E-state index in [9.17, 15) is 13.2 Å². The van der Waals surface area contributed by atoms with Crippen molar-refractivity contribution in [3.63, 3.8) is 0 Å². The van der Waals surface area contributed by atoms with E-state index in [0.29, 0.717) is 6.04 Å². The molecule has 0 bridgehead atoms. The molecule has 0 radical (unpaired) electrons. The number of nitrogens with one attached hydrogen (secondary N) is 1. The first-order valence-corrected chi connectivity index (χ1v) is 6.55. The van der Waals surface area contributed by atoms with Crippen LogP contribution < -0.4 is 11.1 Å². The van der Waals surface area contributed by atoms with Gasteiger partial charge in [-0.3, -0.25) is 0 Å². The molecule has 1 fully saturated rings. The van der Waals surface area contributed by atoms with Crippen molar-refractivity contribution < 1.29 is 13.2 Å². The van der Waals surface area contributed by atoms with Gasteiger partial charge in [0.1, 0.15) is 0 Å². The largest absolute Gasteiger partial charge is 0.416 e. The first kappa shape index (κ1) is 14.3. The Bertz CT molecular complexity index is 414. The van der Waals surface area contributed by atoms with Crippen molar-refractivity contribution in [1.82, 2.24) is 5.32 Å². The molecule has 3 unspecified atom stereocenters. The van der Waals surface area contributed by atoms with Crippen LogP contribution in [0.5, 0.6) is 0 Å². The quantitative estimate of drug-likeness (QED) is 0.886. The summed E-state index contributed by atoms with van der Waals surface area (Å²) in [6.45, 7) is 1.96. The van der Waals surface area contributed by atoms with Gasteiger partial charge in [0.2, 0.25) is 0 Å². The Hall–Kier alpha value is -1.07. The number of hydrogen-bond donors (Lipinski definition) is 2. The summed E-state index contributed by atoms with van der Waals surface area (Å²) in [5.74, 6) is 0. The topological polar surface area (TPSA) is 38.0 Å². The Morgan fingerprint density at radius 2 is 1.84 bits per heavy atom. The lowest BCUT2D eigenvalue weighted by atomic mass is 10.0. The first-order valence-electron chi connectivity index (χ1n) is 6.55. The van der Waals surface area contributed by atoms with Gasteiger partial charge < -0.3 is 11.1 Å². The molecule has 1 aromatic carbocycles. The van der Waals surface area contributed by atoms with Crippen LogP contribution >= 0.6 is 0 Å². The lowest BCUT2D eigenvalue weighted by Gasteiger charge is -2.20. The SMILES string of the molecule is CC(NC1CCC(N)C1)c1ccc(C(F)(F)F)cc1. The molecule has 106 valence electrons. The average Bonchev–Trinajstić information content (AvgIpc) is 2.74. The summed E-state index contributed by atoms with van der Waals surface area (Å²) >= 11 is 0. The molecule has 2 rings (SSSR count). The van der Waals surface area contributed by atoms with E-state index < -0.39 is 11.7 Å². The molecular weight excluding hydrogens is 253 g/mol. The van der Waals surface area contributed by atoms with Gasteiger partial charge >= 0.3 is 6.18 Å². The normalized spacial score (nSPS) is 25.5. The van der Waals surface area contributed by atoms with E-state index in [1.807, 2.05) is 6.92 Å². The van der Waals surface area contributed by atoms with Crippen LogP contribution in [0.3, 0.4) is 0 Å². The molecule has 19 heavy (non-hydrogen) atoms. The molecule has 2 nitrogen and oxygen atoms in total. The summed E-state index contributed by atoms with van der Waals surface area (Å²) in [5, 5.41) is 3.42. The highest BCUT2D eigenvalue weighted by Gasteiger charge is 2.30. The van der Waals surface area contributed by atoms with Crippen LogP contribution in [0, 0.1) is 0 Å². The molecule has 0 amide bonds. The summed E-state index contributed by atoms with van der Waals surface area (Å²) < 4.78 is 37.4. The summed E-state index contributed by atoms with van der Waals surface area (Å²) in [6.07, 6.45) is -1.29. The summed E-state index contributed by atoms with van der Waals surface area (Å²) in [7, 11) is 0. The van der Waals surface area contributed by atoms with Crippen LogP contribution in [0.15, 0.2) is 24.3 Å². The fraction of sp³-hybridized carbons (Fsp3) is 0.571. The molecule has 5 heteroatoms. The predicted octanol–water partition coefficient (Wildman–Crippen LogP) is 3.24. The van der Waals surface area contributed by atoms with Crippen LogP contribution in [0.1, 0.15) is 43.4 Å². The van der Waals surface area contributed by atoms with Crippen molar-refractivity contribution in [2.45, 2.75) is 50.5 Å². The van der Waals surface area contributed by atoms with E-state index in [1.165, 1.54) is 12.1 Å². The molecule has 0 spiro atoms. The van der Waals surface area contributed by atoms with Gasteiger partial charge in [0.15, 0.2) is 0 Å². The number of halogens is 3. The monoisotopic (exact) mass is 272 g/mol. The van der Waals surface area contributed by atoms with Gasteiger partial charge in [0.25, 0.3) is 0 Å². The van der Waals surface area contributed by atoms with Gasteiger partial charge in [0, 0.05) is 18.1 Å². The lowest BCUT2D eigenvalue weighted by molar-refractivity contribution is -0.137. The van der Waals surface area contributed by atoms with Gasteiger partial charge in [0.05, 0.1) is 5.56 Å². The summed E-state index contributed by atoms with van der Waals surface area (Å²) in [5.41, 5.74) is 6.11. The number of alkyl halides is 3. The van der Waals surface area contributed by atoms with E-state index in [-0.39, 0.29) is 12.1 Å². The van der Waals surface area contributed by atoms with Crippen LogP contribution in [0.25, 0.3) is 0 Å². The van der Waals surface area contributed by atoms with Crippen molar-refractivity contribution in [1.29, 1.82) is 0 Å². The van der Waals surface area contributed by atoms with Crippen LogP contribution in [0.4, 0.5) is 13.2 Å². The number of hydrogen-bond acceptors (Lipinski definition) is 2. The molecule has 1 saturated carbocycles. The van der Waals surface area contributed by atoms with Crippen molar-refractivity contribution >= 4 is 0 Å². The summed E-state index contributed by atoms with van der Waals surface area (Å²) in [4.78, 5) is 0. The second-order valence-corrected chi connectivity index (χ2v) is 5.28. The Balaban J connectivity index is 1.98. The molecule has 0 heterocycles. The maximum absolute atomic E-state index is 12.5. The average molecular weight is 272 g/mol. The zero-order chi connectivity index (χ0) is 14.0. The molecule has 3 atom stereocenters. The van der Waals surface area contributed by atoms with Crippen LogP contribution in [-0.2, 0) is 6.18 Å². The third kappa shape index (κ3) is 3.70. The fourth-order valence-electron chi connectivity index (χ4n) is 2.58. The minimum atomic E-state index is -4.27. The van der Waals surface area contributed by atoms with Crippen molar-refractivity contribution in [3.05, 3.63) is 35.4 Å². The Kier molecular flexibility index (Phi) is 4.16. The zero-order valence-electron chi connectivity index (χ0n) is 10.9. The highest BCUT2D eigenvalue weighted by molar-refractivity contribution is 5.26. The Morgan fingerprint density at radius 1 is 1.21 bits per heavy atom. The predicted molar refractivity (Wildman–Crippen MR) is 68.6 cm³/mol. The van der Waals surface area contributed by atoms with Crippen LogP contribution in [-0.4, -0.2) is 12.1 Å². The van der Waals surface area contributed by atoms with E-state index >= 15 is 0 Å². The standard InChI is InChI=1S/C14H19F3N2/c1-9(19-13-7-6-12(18)8-13)10-2-4-11(5-3-10)14(15,16)17/h2-5,9,12-13,19H,6-8,18H2,1H3. The number of nitrogens with two attached hydrogens (primary N) is 1. The van der Waals surface area contributed by atoms with Crippen molar-refractivity contribution in [2.24, 2.45) is 5.73 Å². The highest BCUT2D eigenvalue weighted by atomic mass is 19.4. The highest BCUT2D eigenvalue weighted by Crippen LogP contribution is 2.30. The molecule has 1 aliphatic rings. The summed E-state index contributed by atoms with van der Waals surface area (Å²) in [6, 6.07) is 5.99. The second kappa shape index (κ2) is 5.51. The first-order chi connectivity index (χ1) is 8.86. The van der Waals surface area contributed by atoms with Crippen LogP contribution in [0.2, 0.25) is 0 Å². The second-order valence-electron chi connectivity index (χ2n) is 5.28. The molecule has 1 aliphatic carbocycles. The minimum absolute atomic E-state index is 0.0394. The van der Waals surface area contributed by atoms with Crippen molar-refractivity contribution in [2.75, 3.05) is 0 Å². The molecule has 3 N–H and O–H groups in total. The molecule has 1 aromatic rings. The van der Waals surface area contributed by atoms with Crippen molar-refractivity contribution in [3.8, 4) is 0 Å². The fourth-order valence-corrected chi connectivity index (χ4v) is 2.58. The van der Waals surface area contributed by atoms with Gasteiger partial charge in [-0.05, 0) is 43.9 Å². The third-order valence-electron chi connectivity index (χ3n) is 3.70. The van der Waals surface area contributed by atoms with Gasteiger partial charge in [-0.15, -0.1) is 0 Å².